The number of nitrogens with one attached hydrogen (secondary N) is 3. The summed E-state index contributed by atoms with van der Waals surface area (Å²) in [6, 6.07) is 8.22. The number of carbonyl (C=O) groups is 1. The van der Waals surface area contributed by atoms with E-state index in [1.807, 2.05) is 43.3 Å². The highest BCUT2D eigenvalue weighted by Crippen LogP contribution is 2.12. The van der Waals surface area contributed by atoms with Gasteiger partial charge < -0.3 is 20.9 Å². The fraction of sp³-hybridized carbons (Fsp3) is 0.619. The Morgan fingerprint density at radius 3 is 2.50 bits per heavy atom. The fourth-order valence-electron chi connectivity index (χ4n) is 2.61. The average molecular weight is 503 g/mol. The van der Waals surface area contributed by atoms with Crippen molar-refractivity contribution in [2.75, 3.05) is 32.5 Å². The molecule has 1 amide bonds. The maximum Gasteiger partial charge on any atom is 0.238 e. The van der Waals surface area contributed by atoms with Crippen LogP contribution in [-0.4, -0.2) is 50.0 Å². The minimum absolute atomic E-state index is 0. The lowest BCUT2D eigenvalue weighted by atomic mass is 10.0. The van der Waals surface area contributed by atoms with Gasteiger partial charge in [0.1, 0.15) is 0 Å². The Balaban J connectivity index is 0.00000729. The molecular weight excluding hydrogens is 465 g/mol. The summed E-state index contributed by atoms with van der Waals surface area (Å²) in [5.74, 6) is 1.52. The summed E-state index contributed by atoms with van der Waals surface area (Å²) in [6.45, 7) is 10.5. The summed E-state index contributed by atoms with van der Waals surface area (Å²) in [5, 5.41) is 9.70. The van der Waals surface area contributed by atoms with Crippen LogP contribution in [0.15, 0.2) is 29.3 Å². The predicted octanol–water partition coefficient (Wildman–Crippen LogP) is 3.68. The van der Waals surface area contributed by atoms with Crippen molar-refractivity contribution >= 4 is 41.5 Å². The second-order valence-corrected chi connectivity index (χ2v) is 7.70. The number of carbonyl (C=O) groups excluding carboxylic acids is 1. The van der Waals surface area contributed by atoms with Crippen molar-refractivity contribution in [1.82, 2.24) is 15.5 Å². The number of nitrogens with zero attached hydrogens (tertiary/aromatic N) is 2. The van der Waals surface area contributed by atoms with E-state index in [0.29, 0.717) is 25.0 Å². The summed E-state index contributed by atoms with van der Waals surface area (Å²) in [7, 11) is 3.75. The highest BCUT2D eigenvalue weighted by atomic mass is 127. The summed E-state index contributed by atoms with van der Waals surface area (Å²) < 4.78 is 0. The molecule has 1 atom stereocenters. The lowest BCUT2D eigenvalue weighted by Gasteiger charge is -2.18. The quantitative estimate of drug-likeness (QED) is 0.259. The van der Waals surface area contributed by atoms with E-state index in [1.165, 1.54) is 6.42 Å². The smallest absolute Gasteiger partial charge is 0.238 e. The van der Waals surface area contributed by atoms with Gasteiger partial charge in [0.25, 0.3) is 0 Å². The van der Waals surface area contributed by atoms with Crippen LogP contribution in [0.5, 0.6) is 0 Å². The molecule has 0 aliphatic heterocycles. The van der Waals surface area contributed by atoms with E-state index < -0.39 is 0 Å². The third-order valence-corrected chi connectivity index (χ3v) is 3.99. The standard InChI is InChI=1S/C21H37N5O.HI/c1-7-22-21(24-17(4)12-11-16(2)3)23-14-18-9-8-10-19(13-18)25-20(27)15-26(5)6;/h8-10,13,16-17H,7,11-12,14-15H2,1-6H3,(H,25,27)(H2,22,23,24);1H. The van der Waals surface area contributed by atoms with E-state index in [2.05, 4.69) is 43.6 Å². The molecule has 1 unspecified atom stereocenters. The molecule has 0 fully saturated rings. The van der Waals surface area contributed by atoms with Crippen LogP contribution < -0.4 is 16.0 Å². The largest absolute Gasteiger partial charge is 0.357 e. The summed E-state index contributed by atoms with van der Waals surface area (Å²) >= 11 is 0. The van der Waals surface area contributed by atoms with Crippen LogP contribution in [0.1, 0.15) is 46.1 Å². The molecule has 0 saturated heterocycles. The van der Waals surface area contributed by atoms with Crippen LogP contribution in [0.25, 0.3) is 0 Å². The van der Waals surface area contributed by atoms with E-state index in [0.717, 1.165) is 30.2 Å². The van der Waals surface area contributed by atoms with E-state index in [4.69, 9.17) is 4.99 Å². The molecule has 0 saturated carbocycles. The first-order chi connectivity index (χ1) is 12.8. The number of rotatable bonds is 10. The first-order valence-corrected chi connectivity index (χ1v) is 9.88. The number of hydrogen-bond donors (Lipinski definition) is 3. The number of amides is 1. The van der Waals surface area contributed by atoms with E-state index in [-0.39, 0.29) is 29.9 Å². The maximum absolute atomic E-state index is 11.9. The van der Waals surface area contributed by atoms with Crippen molar-refractivity contribution in [1.29, 1.82) is 0 Å². The third-order valence-electron chi connectivity index (χ3n) is 3.99. The second-order valence-electron chi connectivity index (χ2n) is 7.70. The molecular formula is C21H38IN5O. The van der Waals surface area contributed by atoms with Crippen molar-refractivity contribution in [2.45, 2.75) is 53.1 Å². The molecule has 0 spiro atoms. The second kappa shape index (κ2) is 14.6. The first kappa shape index (κ1) is 26.6. The Morgan fingerprint density at radius 2 is 1.89 bits per heavy atom. The third kappa shape index (κ3) is 12.2. The Kier molecular flexibility index (Phi) is 13.9. The molecule has 0 radical (unpaired) electrons. The molecule has 0 aromatic heterocycles. The van der Waals surface area contributed by atoms with Gasteiger partial charge in [-0.25, -0.2) is 4.99 Å². The molecule has 0 aliphatic carbocycles. The van der Waals surface area contributed by atoms with Crippen LogP contribution in [0.3, 0.4) is 0 Å². The monoisotopic (exact) mass is 503 g/mol. The normalized spacial score (nSPS) is 12.5. The maximum atomic E-state index is 11.9. The van der Waals surface area contributed by atoms with Crippen molar-refractivity contribution in [3.05, 3.63) is 29.8 Å². The Labute approximate surface area is 188 Å². The zero-order valence-corrected chi connectivity index (χ0v) is 20.5. The molecule has 28 heavy (non-hydrogen) atoms. The minimum Gasteiger partial charge on any atom is -0.357 e. The molecule has 7 heteroatoms. The fourth-order valence-corrected chi connectivity index (χ4v) is 2.61. The number of halogens is 1. The summed E-state index contributed by atoms with van der Waals surface area (Å²) in [4.78, 5) is 18.5. The number of aliphatic imine (C=N–C) groups is 1. The van der Waals surface area contributed by atoms with E-state index in [1.54, 1.807) is 0 Å². The molecule has 1 aromatic rings. The molecule has 6 nitrogen and oxygen atoms in total. The molecule has 3 N–H and O–H groups in total. The van der Waals surface area contributed by atoms with Crippen molar-refractivity contribution in [3.63, 3.8) is 0 Å². The van der Waals surface area contributed by atoms with E-state index in [9.17, 15) is 4.79 Å². The van der Waals surface area contributed by atoms with Gasteiger partial charge in [0.2, 0.25) is 5.91 Å². The minimum atomic E-state index is -0.0189. The summed E-state index contributed by atoms with van der Waals surface area (Å²) in [5.41, 5.74) is 1.86. The molecule has 0 heterocycles. The number of hydrogen-bond acceptors (Lipinski definition) is 3. The molecule has 0 bridgehead atoms. The molecule has 1 rings (SSSR count). The predicted molar refractivity (Wildman–Crippen MR) is 131 cm³/mol. The van der Waals surface area contributed by atoms with Gasteiger partial charge in [-0.2, -0.15) is 0 Å². The van der Waals surface area contributed by atoms with Gasteiger partial charge in [-0.3, -0.25) is 4.79 Å². The summed E-state index contributed by atoms with van der Waals surface area (Å²) in [6.07, 6.45) is 2.32. The van der Waals surface area contributed by atoms with E-state index >= 15 is 0 Å². The topological polar surface area (TPSA) is 68.8 Å². The van der Waals surface area contributed by atoms with Gasteiger partial charge in [-0.05, 0) is 64.4 Å². The van der Waals surface area contributed by atoms with Crippen molar-refractivity contribution in [3.8, 4) is 0 Å². The molecule has 1 aromatic carbocycles. The SMILES string of the molecule is CCNC(=NCc1cccc(NC(=O)CN(C)C)c1)NC(C)CCC(C)C.I. The zero-order valence-electron chi connectivity index (χ0n) is 18.2. The molecule has 160 valence electrons. The Morgan fingerprint density at radius 1 is 1.18 bits per heavy atom. The van der Waals surface area contributed by atoms with Crippen LogP contribution >= 0.6 is 24.0 Å². The lowest BCUT2D eigenvalue weighted by molar-refractivity contribution is -0.116. The average Bonchev–Trinajstić information content (AvgIpc) is 2.57. The van der Waals surface area contributed by atoms with Crippen molar-refractivity contribution < 1.29 is 4.79 Å². The lowest BCUT2D eigenvalue weighted by Crippen LogP contribution is -2.42. The highest BCUT2D eigenvalue weighted by molar-refractivity contribution is 14.0. The number of likely N-dealkylation sites (N-methyl/N-ethyl adjacent to an activating group) is 1. The molecule has 0 aliphatic rings. The van der Waals surface area contributed by atoms with Gasteiger partial charge in [-0.15, -0.1) is 24.0 Å². The van der Waals surface area contributed by atoms with Gasteiger partial charge in [0.05, 0.1) is 13.1 Å². The Hall–Kier alpha value is -1.35. The van der Waals surface area contributed by atoms with Gasteiger partial charge in [-0.1, -0.05) is 26.0 Å². The number of benzene rings is 1. The van der Waals surface area contributed by atoms with Crippen LogP contribution in [0.4, 0.5) is 5.69 Å². The van der Waals surface area contributed by atoms with Crippen LogP contribution in [-0.2, 0) is 11.3 Å². The first-order valence-electron chi connectivity index (χ1n) is 9.88. The Bertz CT molecular complexity index is 604. The van der Waals surface area contributed by atoms with Gasteiger partial charge in [0, 0.05) is 18.3 Å². The van der Waals surface area contributed by atoms with Gasteiger partial charge in [0.15, 0.2) is 5.96 Å². The number of guanidine groups is 1. The van der Waals surface area contributed by atoms with Crippen LogP contribution in [0.2, 0.25) is 0 Å². The van der Waals surface area contributed by atoms with Crippen molar-refractivity contribution in [2.24, 2.45) is 10.9 Å². The highest BCUT2D eigenvalue weighted by Gasteiger charge is 2.07. The number of anilines is 1. The zero-order chi connectivity index (χ0) is 20.2. The van der Waals surface area contributed by atoms with Crippen LogP contribution in [0, 0.1) is 5.92 Å². The van der Waals surface area contributed by atoms with Gasteiger partial charge >= 0.3 is 0 Å².